The Bertz CT molecular complexity index is 1520. The highest BCUT2D eigenvalue weighted by molar-refractivity contribution is 7.89. The van der Waals surface area contributed by atoms with Crippen molar-refractivity contribution in [2.24, 2.45) is 0 Å². The normalized spacial score (nSPS) is 15.5. The quantitative estimate of drug-likeness (QED) is 0.377. The first-order valence-corrected chi connectivity index (χ1v) is 13.4. The number of alkyl halides is 2. The van der Waals surface area contributed by atoms with Crippen LogP contribution in [0.15, 0.2) is 17.0 Å². The summed E-state index contributed by atoms with van der Waals surface area (Å²) in [5.74, 6) is -0.931. The number of aryl methyl sites for hydroxylation is 2. The molecule has 0 saturated heterocycles. The molecule has 5 rings (SSSR count). The second-order valence-corrected chi connectivity index (χ2v) is 12.4. The maximum Gasteiger partial charge on any atom is 0.291 e. The van der Waals surface area contributed by atoms with Crippen LogP contribution in [-0.4, -0.2) is 38.9 Å². The third-order valence-corrected chi connectivity index (χ3v) is 9.25. The van der Waals surface area contributed by atoms with Crippen LogP contribution in [0.3, 0.4) is 0 Å². The summed E-state index contributed by atoms with van der Waals surface area (Å²) in [5.41, 5.74) is 0.668. The van der Waals surface area contributed by atoms with Crippen molar-refractivity contribution < 1.29 is 21.6 Å². The van der Waals surface area contributed by atoms with Crippen molar-refractivity contribution in [3.05, 3.63) is 38.5 Å². The first-order valence-electron chi connectivity index (χ1n) is 10.2. The standard InChI is InChI=1S/C20H19F3N6O2S3/c1-9-14(32-10(2)24-9)8-29-13-7-12(21)15(34(30,31)28-20(3)4-5-20)6-11(13)16(27-29)18-25-26-19(33-18)17(22)23/h6-7,17,28H,4-5,8H2,1-3H3. The molecule has 0 atom stereocenters. The lowest BCUT2D eigenvalue weighted by Crippen LogP contribution is -2.34. The van der Waals surface area contributed by atoms with E-state index in [0.29, 0.717) is 29.7 Å². The van der Waals surface area contributed by atoms with Crippen LogP contribution in [0.2, 0.25) is 0 Å². The Morgan fingerprint density at radius 3 is 2.53 bits per heavy atom. The third kappa shape index (κ3) is 4.23. The van der Waals surface area contributed by atoms with Gasteiger partial charge < -0.3 is 0 Å². The fourth-order valence-electron chi connectivity index (χ4n) is 3.60. The van der Waals surface area contributed by atoms with Gasteiger partial charge in [0.05, 0.1) is 22.8 Å². The lowest BCUT2D eigenvalue weighted by Gasteiger charge is -2.13. The van der Waals surface area contributed by atoms with Crippen LogP contribution in [0.1, 0.15) is 46.8 Å². The van der Waals surface area contributed by atoms with Crippen LogP contribution in [0.4, 0.5) is 13.2 Å². The van der Waals surface area contributed by atoms with Gasteiger partial charge in [0.2, 0.25) is 10.0 Å². The second kappa shape index (κ2) is 8.07. The minimum Gasteiger partial charge on any atom is -0.259 e. The number of rotatable bonds is 7. The molecule has 0 amide bonds. The van der Waals surface area contributed by atoms with Gasteiger partial charge in [0.25, 0.3) is 6.43 Å². The molecule has 0 aliphatic heterocycles. The van der Waals surface area contributed by atoms with Gasteiger partial charge in [0.1, 0.15) is 16.4 Å². The van der Waals surface area contributed by atoms with E-state index in [1.54, 1.807) is 6.92 Å². The summed E-state index contributed by atoms with van der Waals surface area (Å²) < 4.78 is 71.3. The first kappa shape index (κ1) is 23.3. The van der Waals surface area contributed by atoms with Crippen molar-refractivity contribution in [1.82, 2.24) is 29.7 Å². The van der Waals surface area contributed by atoms with E-state index in [2.05, 4.69) is 25.0 Å². The Kier molecular flexibility index (Phi) is 5.54. The van der Waals surface area contributed by atoms with Gasteiger partial charge in [-0.3, -0.25) is 4.68 Å². The fourth-order valence-corrected chi connectivity index (χ4v) is 6.77. The van der Waals surface area contributed by atoms with Crippen molar-refractivity contribution in [1.29, 1.82) is 0 Å². The zero-order valence-corrected chi connectivity index (χ0v) is 20.7. The van der Waals surface area contributed by atoms with E-state index < -0.39 is 37.7 Å². The average molecular weight is 529 g/mol. The Balaban J connectivity index is 1.68. The summed E-state index contributed by atoms with van der Waals surface area (Å²) in [4.78, 5) is 4.75. The molecule has 0 radical (unpaired) electrons. The predicted molar refractivity (Wildman–Crippen MR) is 122 cm³/mol. The number of nitrogens with one attached hydrogen (secondary N) is 1. The zero-order valence-electron chi connectivity index (χ0n) is 18.3. The topological polar surface area (TPSA) is 103 Å². The van der Waals surface area contributed by atoms with Crippen LogP contribution < -0.4 is 4.72 Å². The van der Waals surface area contributed by atoms with Crippen LogP contribution in [0, 0.1) is 19.7 Å². The van der Waals surface area contributed by atoms with Crippen molar-refractivity contribution in [2.45, 2.75) is 57.0 Å². The highest BCUT2D eigenvalue weighted by Gasteiger charge is 2.42. The van der Waals surface area contributed by atoms with Crippen molar-refractivity contribution in [3.63, 3.8) is 0 Å². The van der Waals surface area contributed by atoms with Gasteiger partial charge in [0, 0.05) is 21.9 Å². The average Bonchev–Trinajstić information content (AvgIpc) is 3.09. The molecule has 1 N–H and O–H groups in total. The van der Waals surface area contributed by atoms with Crippen molar-refractivity contribution >= 4 is 43.6 Å². The summed E-state index contributed by atoms with van der Waals surface area (Å²) in [7, 11) is -4.16. The molecule has 0 unspecified atom stereocenters. The van der Waals surface area contributed by atoms with E-state index in [-0.39, 0.29) is 22.6 Å². The van der Waals surface area contributed by atoms with Gasteiger partial charge in [-0.25, -0.2) is 31.3 Å². The van der Waals surface area contributed by atoms with Gasteiger partial charge in [-0.1, -0.05) is 11.3 Å². The number of sulfonamides is 1. The van der Waals surface area contributed by atoms with Gasteiger partial charge in [0.15, 0.2) is 10.0 Å². The molecule has 3 aromatic heterocycles. The molecule has 1 fully saturated rings. The molecule has 1 aromatic carbocycles. The van der Waals surface area contributed by atoms with E-state index in [0.717, 1.165) is 21.6 Å². The Hall–Kier alpha value is -2.42. The molecule has 1 aliphatic carbocycles. The molecular formula is C20H19F3N6O2S3. The van der Waals surface area contributed by atoms with Crippen LogP contribution >= 0.6 is 22.7 Å². The number of benzene rings is 1. The minimum absolute atomic E-state index is 0.0910. The monoisotopic (exact) mass is 528 g/mol. The summed E-state index contributed by atoms with van der Waals surface area (Å²) in [5, 5.41) is 12.6. The number of fused-ring (bicyclic) bond motifs is 1. The van der Waals surface area contributed by atoms with Gasteiger partial charge in [-0.05, 0) is 39.7 Å². The summed E-state index contributed by atoms with van der Waals surface area (Å²) in [6, 6.07) is 2.29. The Morgan fingerprint density at radius 2 is 1.94 bits per heavy atom. The summed E-state index contributed by atoms with van der Waals surface area (Å²) in [6.45, 7) is 5.71. The number of aromatic nitrogens is 5. The van der Waals surface area contributed by atoms with E-state index in [1.165, 1.54) is 22.1 Å². The number of thiazole rings is 1. The Morgan fingerprint density at radius 1 is 1.21 bits per heavy atom. The van der Waals surface area contributed by atoms with Crippen LogP contribution in [0.5, 0.6) is 0 Å². The molecule has 1 aliphatic rings. The van der Waals surface area contributed by atoms with Crippen molar-refractivity contribution in [2.75, 3.05) is 0 Å². The predicted octanol–water partition coefficient (Wildman–Crippen LogP) is 4.58. The lowest BCUT2D eigenvalue weighted by molar-refractivity contribution is 0.150. The van der Waals surface area contributed by atoms with Gasteiger partial charge >= 0.3 is 0 Å². The molecular weight excluding hydrogens is 509 g/mol. The highest BCUT2D eigenvalue weighted by atomic mass is 32.2. The molecule has 8 nitrogen and oxygen atoms in total. The smallest absolute Gasteiger partial charge is 0.259 e. The molecule has 4 aromatic rings. The number of nitrogens with zero attached hydrogens (tertiary/aromatic N) is 5. The van der Waals surface area contributed by atoms with E-state index >= 15 is 4.39 Å². The van der Waals surface area contributed by atoms with E-state index in [1.807, 2.05) is 13.8 Å². The molecule has 3 heterocycles. The zero-order chi connectivity index (χ0) is 24.4. The summed E-state index contributed by atoms with van der Waals surface area (Å²) in [6.07, 6.45) is -1.48. The first-order chi connectivity index (χ1) is 16.0. The van der Waals surface area contributed by atoms with Gasteiger partial charge in [-0.15, -0.1) is 21.5 Å². The van der Waals surface area contributed by atoms with Crippen LogP contribution in [0.25, 0.3) is 21.6 Å². The second-order valence-electron chi connectivity index (χ2n) is 8.46. The number of hydrogen-bond acceptors (Lipinski definition) is 8. The summed E-state index contributed by atoms with van der Waals surface area (Å²) >= 11 is 2.12. The largest absolute Gasteiger partial charge is 0.291 e. The molecule has 1 saturated carbocycles. The molecule has 14 heteroatoms. The number of hydrogen-bond donors (Lipinski definition) is 1. The Labute approximate surface area is 200 Å². The maximum atomic E-state index is 15.1. The third-order valence-electron chi connectivity index (χ3n) is 5.60. The SMILES string of the molecule is Cc1nc(C)c(Cn2nc(-c3nnc(C(F)F)s3)c3cc(S(=O)(=O)NC4(C)CC4)c(F)cc32)s1. The van der Waals surface area contributed by atoms with Crippen molar-refractivity contribution in [3.8, 4) is 10.7 Å². The van der Waals surface area contributed by atoms with E-state index in [4.69, 9.17) is 0 Å². The molecule has 0 bridgehead atoms. The molecule has 180 valence electrons. The number of halogens is 3. The minimum atomic E-state index is -4.16. The molecule has 0 spiro atoms. The molecule has 34 heavy (non-hydrogen) atoms. The highest BCUT2D eigenvalue weighted by Crippen LogP contribution is 2.38. The van der Waals surface area contributed by atoms with E-state index in [9.17, 15) is 17.2 Å². The fraction of sp³-hybridized carbons (Fsp3) is 0.400. The van der Waals surface area contributed by atoms with Crippen LogP contribution in [-0.2, 0) is 16.6 Å². The lowest BCUT2D eigenvalue weighted by atomic mass is 10.2. The van der Waals surface area contributed by atoms with Gasteiger partial charge in [-0.2, -0.15) is 5.10 Å². The maximum absolute atomic E-state index is 15.1.